The number of piperazine rings is 1. The van der Waals surface area contributed by atoms with E-state index in [2.05, 4.69) is 37.2 Å². The van der Waals surface area contributed by atoms with E-state index in [0.717, 1.165) is 54.8 Å². The van der Waals surface area contributed by atoms with Crippen molar-refractivity contribution < 1.29 is 0 Å². The van der Waals surface area contributed by atoms with Crippen LogP contribution < -0.4 is 10.2 Å². The molecular formula is C16H21ClN6. The van der Waals surface area contributed by atoms with Crippen molar-refractivity contribution >= 4 is 29.1 Å². The number of nitrogens with one attached hydrogen (secondary N) is 1. The Labute approximate surface area is 141 Å². The van der Waals surface area contributed by atoms with E-state index in [-0.39, 0.29) is 0 Å². The maximum atomic E-state index is 5.99. The molecule has 1 aromatic carbocycles. The molecule has 1 aromatic heterocycles. The van der Waals surface area contributed by atoms with Gasteiger partial charge in [0.25, 0.3) is 0 Å². The van der Waals surface area contributed by atoms with Crippen molar-refractivity contribution in [2.75, 3.05) is 42.9 Å². The van der Waals surface area contributed by atoms with Gasteiger partial charge in [-0.3, -0.25) is 0 Å². The number of rotatable bonds is 4. The predicted molar refractivity (Wildman–Crippen MR) is 93.6 cm³/mol. The number of benzene rings is 1. The van der Waals surface area contributed by atoms with Gasteiger partial charge in [0, 0.05) is 36.9 Å². The standard InChI is InChI=1S/C16H21ClN6/c1-3-22-6-8-23(9-7-22)15-11-18-21-16(20-15)19-14-5-4-13(17)10-12(14)2/h4-5,10-11H,3,6-9H2,1-2H3,(H,19,20,21). The highest BCUT2D eigenvalue weighted by Crippen LogP contribution is 2.22. The molecule has 1 aliphatic heterocycles. The zero-order valence-corrected chi connectivity index (χ0v) is 14.2. The summed E-state index contributed by atoms with van der Waals surface area (Å²) in [6.07, 6.45) is 1.72. The van der Waals surface area contributed by atoms with E-state index < -0.39 is 0 Å². The van der Waals surface area contributed by atoms with Gasteiger partial charge in [-0.1, -0.05) is 18.5 Å². The Balaban J connectivity index is 1.72. The number of anilines is 3. The Kier molecular flexibility index (Phi) is 4.93. The summed E-state index contributed by atoms with van der Waals surface area (Å²) >= 11 is 5.99. The normalized spacial score (nSPS) is 15.7. The Hall–Kier alpha value is -1.92. The first-order valence-corrected chi connectivity index (χ1v) is 8.23. The first kappa shape index (κ1) is 16.0. The second-order valence-corrected chi connectivity index (χ2v) is 6.08. The number of aromatic nitrogens is 3. The van der Waals surface area contributed by atoms with E-state index in [1.54, 1.807) is 6.20 Å². The number of hydrogen-bond donors (Lipinski definition) is 1. The van der Waals surface area contributed by atoms with Crippen molar-refractivity contribution in [2.45, 2.75) is 13.8 Å². The van der Waals surface area contributed by atoms with E-state index in [4.69, 9.17) is 11.6 Å². The molecule has 3 rings (SSSR count). The van der Waals surface area contributed by atoms with E-state index >= 15 is 0 Å². The molecule has 0 saturated carbocycles. The van der Waals surface area contributed by atoms with Gasteiger partial charge in [0.2, 0.25) is 5.95 Å². The van der Waals surface area contributed by atoms with Gasteiger partial charge in [-0.25, -0.2) is 0 Å². The minimum absolute atomic E-state index is 0.505. The quantitative estimate of drug-likeness (QED) is 0.929. The molecule has 0 unspecified atom stereocenters. The lowest BCUT2D eigenvalue weighted by Crippen LogP contribution is -2.46. The number of halogens is 1. The van der Waals surface area contributed by atoms with E-state index in [9.17, 15) is 0 Å². The Morgan fingerprint density at radius 2 is 2.00 bits per heavy atom. The van der Waals surface area contributed by atoms with Gasteiger partial charge in [0.15, 0.2) is 5.82 Å². The monoisotopic (exact) mass is 332 g/mol. The molecule has 0 atom stereocenters. The van der Waals surface area contributed by atoms with Crippen LogP contribution in [0.15, 0.2) is 24.4 Å². The smallest absolute Gasteiger partial charge is 0.249 e. The van der Waals surface area contributed by atoms with Crippen LogP contribution in [0.5, 0.6) is 0 Å². The van der Waals surface area contributed by atoms with Gasteiger partial charge in [-0.15, -0.1) is 5.10 Å². The van der Waals surface area contributed by atoms with E-state index in [1.807, 2.05) is 25.1 Å². The molecule has 2 heterocycles. The van der Waals surface area contributed by atoms with Crippen LogP contribution in [0, 0.1) is 6.92 Å². The maximum Gasteiger partial charge on any atom is 0.249 e. The fourth-order valence-electron chi connectivity index (χ4n) is 2.68. The molecule has 1 fully saturated rings. The van der Waals surface area contributed by atoms with Crippen molar-refractivity contribution in [1.29, 1.82) is 0 Å². The predicted octanol–water partition coefficient (Wildman–Crippen LogP) is 2.72. The maximum absolute atomic E-state index is 5.99. The summed E-state index contributed by atoms with van der Waals surface area (Å²) in [6, 6.07) is 5.68. The number of nitrogens with zero attached hydrogens (tertiary/aromatic N) is 5. The molecule has 7 heteroatoms. The van der Waals surface area contributed by atoms with Gasteiger partial charge < -0.3 is 15.1 Å². The van der Waals surface area contributed by atoms with Crippen molar-refractivity contribution in [2.24, 2.45) is 0 Å². The third kappa shape index (κ3) is 3.89. The lowest BCUT2D eigenvalue weighted by atomic mass is 10.2. The molecule has 0 amide bonds. The largest absolute Gasteiger partial charge is 0.353 e. The Morgan fingerprint density at radius 3 is 2.70 bits per heavy atom. The highest BCUT2D eigenvalue weighted by Gasteiger charge is 2.17. The summed E-state index contributed by atoms with van der Waals surface area (Å²) in [4.78, 5) is 9.28. The molecule has 2 aromatic rings. The molecule has 6 nitrogen and oxygen atoms in total. The first-order chi connectivity index (χ1) is 11.2. The van der Waals surface area contributed by atoms with Crippen molar-refractivity contribution in [3.63, 3.8) is 0 Å². The van der Waals surface area contributed by atoms with Gasteiger partial charge in [0.05, 0.1) is 6.20 Å². The average Bonchev–Trinajstić information content (AvgIpc) is 2.58. The van der Waals surface area contributed by atoms with Crippen molar-refractivity contribution in [3.8, 4) is 0 Å². The van der Waals surface area contributed by atoms with Crippen LogP contribution in [0.1, 0.15) is 12.5 Å². The Bertz CT molecular complexity index is 669. The summed E-state index contributed by atoms with van der Waals surface area (Å²) in [6.45, 7) is 9.32. The van der Waals surface area contributed by atoms with Crippen LogP contribution in [0.3, 0.4) is 0 Å². The first-order valence-electron chi connectivity index (χ1n) is 7.86. The summed E-state index contributed by atoms with van der Waals surface area (Å²) < 4.78 is 0. The van der Waals surface area contributed by atoms with E-state index in [0.29, 0.717) is 5.95 Å². The molecule has 122 valence electrons. The number of likely N-dealkylation sites (N-methyl/N-ethyl adjacent to an activating group) is 1. The molecule has 1 saturated heterocycles. The zero-order chi connectivity index (χ0) is 16.2. The lowest BCUT2D eigenvalue weighted by molar-refractivity contribution is 0.270. The fraction of sp³-hybridized carbons (Fsp3) is 0.438. The van der Waals surface area contributed by atoms with Crippen LogP contribution in [-0.4, -0.2) is 52.8 Å². The molecule has 0 radical (unpaired) electrons. The third-order valence-corrected chi connectivity index (χ3v) is 4.36. The van der Waals surface area contributed by atoms with E-state index in [1.165, 1.54) is 0 Å². The molecule has 1 N–H and O–H groups in total. The van der Waals surface area contributed by atoms with Crippen LogP contribution in [0.2, 0.25) is 5.02 Å². The summed E-state index contributed by atoms with van der Waals surface area (Å²) in [5.74, 6) is 1.37. The fourth-order valence-corrected chi connectivity index (χ4v) is 2.91. The van der Waals surface area contributed by atoms with Crippen LogP contribution in [0.25, 0.3) is 0 Å². The van der Waals surface area contributed by atoms with Crippen molar-refractivity contribution in [3.05, 3.63) is 35.0 Å². The minimum atomic E-state index is 0.505. The highest BCUT2D eigenvalue weighted by molar-refractivity contribution is 6.30. The van der Waals surface area contributed by atoms with Gasteiger partial charge >= 0.3 is 0 Å². The third-order valence-electron chi connectivity index (χ3n) is 4.12. The molecule has 0 spiro atoms. The second-order valence-electron chi connectivity index (χ2n) is 5.64. The summed E-state index contributed by atoms with van der Waals surface area (Å²) in [5.41, 5.74) is 1.98. The SMILES string of the molecule is CCN1CCN(c2cnnc(Nc3ccc(Cl)cc3C)n2)CC1. The second kappa shape index (κ2) is 7.10. The molecule has 1 aliphatic rings. The average molecular weight is 333 g/mol. The highest BCUT2D eigenvalue weighted by atomic mass is 35.5. The van der Waals surface area contributed by atoms with Crippen LogP contribution in [-0.2, 0) is 0 Å². The number of aryl methyl sites for hydroxylation is 1. The molecular weight excluding hydrogens is 312 g/mol. The molecule has 23 heavy (non-hydrogen) atoms. The summed E-state index contributed by atoms with van der Waals surface area (Å²) in [5, 5.41) is 12.1. The lowest BCUT2D eigenvalue weighted by Gasteiger charge is -2.34. The topological polar surface area (TPSA) is 57.2 Å². The molecule has 0 bridgehead atoms. The van der Waals surface area contributed by atoms with Gasteiger partial charge in [-0.05, 0) is 37.2 Å². The van der Waals surface area contributed by atoms with Crippen LogP contribution in [0.4, 0.5) is 17.5 Å². The minimum Gasteiger partial charge on any atom is -0.353 e. The number of hydrogen-bond acceptors (Lipinski definition) is 6. The molecule has 0 aliphatic carbocycles. The van der Waals surface area contributed by atoms with Gasteiger partial charge in [0.1, 0.15) is 0 Å². The zero-order valence-electron chi connectivity index (χ0n) is 13.5. The summed E-state index contributed by atoms with van der Waals surface area (Å²) in [7, 11) is 0. The van der Waals surface area contributed by atoms with Crippen molar-refractivity contribution in [1.82, 2.24) is 20.1 Å². The van der Waals surface area contributed by atoms with Crippen LogP contribution >= 0.6 is 11.6 Å². The Morgan fingerprint density at radius 1 is 1.22 bits per heavy atom. The van der Waals surface area contributed by atoms with Gasteiger partial charge in [-0.2, -0.15) is 10.1 Å².